The molecule has 1 saturated heterocycles. The molecule has 3 heterocycles. The standard InChI is InChI=1S/C26H26F2N4O2/c1-17-15-32(16-29-17)23-6-5-18(11-25(23)33-2)10-19-4-3-8-31-9-7-24(34-30-26(19)31)20-12-21(27)14-22(28)13-20/h5-6,10-16,24H,3-4,7-9H2,1-2H3. The predicted molar refractivity (Wildman–Crippen MR) is 126 cm³/mol. The largest absolute Gasteiger partial charge is 0.495 e. The number of oxime groups is 1. The Labute approximate surface area is 197 Å². The van der Waals surface area contributed by atoms with Crippen LogP contribution in [0.2, 0.25) is 0 Å². The number of ether oxygens (including phenoxy) is 1. The van der Waals surface area contributed by atoms with Gasteiger partial charge in [-0.2, -0.15) is 0 Å². The Balaban J connectivity index is 1.43. The molecule has 176 valence electrons. The van der Waals surface area contributed by atoms with Gasteiger partial charge in [0.1, 0.15) is 17.4 Å². The Morgan fingerprint density at radius 3 is 2.68 bits per heavy atom. The molecule has 1 atom stereocenters. The fourth-order valence-corrected chi connectivity index (χ4v) is 4.53. The summed E-state index contributed by atoms with van der Waals surface area (Å²) in [6.45, 7) is 3.51. The van der Waals surface area contributed by atoms with Gasteiger partial charge in [0.05, 0.1) is 24.8 Å². The van der Waals surface area contributed by atoms with E-state index in [0.717, 1.165) is 59.6 Å². The zero-order valence-corrected chi connectivity index (χ0v) is 19.2. The molecule has 0 aliphatic carbocycles. The number of rotatable bonds is 4. The van der Waals surface area contributed by atoms with Gasteiger partial charge < -0.3 is 19.0 Å². The van der Waals surface area contributed by atoms with Crippen LogP contribution in [0.5, 0.6) is 5.75 Å². The Morgan fingerprint density at radius 2 is 1.94 bits per heavy atom. The van der Waals surface area contributed by atoms with E-state index in [0.29, 0.717) is 18.5 Å². The van der Waals surface area contributed by atoms with Gasteiger partial charge in [-0.05, 0) is 61.2 Å². The second-order valence-electron chi connectivity index (χ2n) is 8.61. The number of piperidine rings is 1. The van der Waals surface area contributed by atoms with E-state index in [1.807, 2.05) is 35.9 Å². The van der Waals surface area contributed by atoms with Gasteiger partial charge in [-0.25, -0.2) is 13.8 Å². The maximum absolute atomic E-state index is 13.7. The lowest BCUT2D eigenvalue weighted by molar-refractivity contribution is 0.0572. The second-order valence-corrected chi connectivity index (χ2v) is 8.61. The van der Waals surface area contributed by atoms with Crippen LogP contribution >= 0.6 is 0 Å². The number of hydrogen-bond donors (Lipinski definition) is 0. The van der Waals surface area contributed by atoms with Crippen LogP contribution in [-0.2, 0) is 4.84 Å². The summed E-state index contributed by atoms with van der Waals surface area (Å²) in [5.74, 6) is 0.291. The van der Waals surface area contributed by atoms with Gasteiger partial charge in [0.15, 0.2) is 11.9 Å². The van der Waals surface area contributed by atoms with Crippen LogP contribution in [0.4, 0.5) is 8.78 Å². The number of halogens is 2. The Bertz CT molecular complexity index is 1250. The highest BCUT2D eigenvalue weighted by molar-refractivity contribution is 6.02. The van der Waals surface area contributed by atoms with E-state index < -0.39 is 17.7 Å². The van der Waals surface area contributed by atoms with Crippen molar-refractivity contribution in [1.29, 1.82) is 0 Å². The van der Waals surface area contributed by atoms with E-state index >= 15 is 0 Å². The normalized spacial score (nSPS) is 19.3. The van der Waals surface area contributed by atoms with Gasteiger partial charge in [-0.1, -0.05) is 11.2 Å². The van der Waals surface area contributed by atoms with Gasteiger partial charge in [0.25, 0.3) is 0 Å². The van der Waals surface area contributed by atoms with Crippen molar-refractivity contribution in [2.24, 2.45) is 5.16 Å². The minimum absolute atomic E-state index is 0.460. The molecule has 2 aliphatic rings. The Morgan fingerprint density at radius 1 is 1.12 bits per heavy atom. The maximum Gasteiger partial charge on any atom is 0.171 e. The Hall–Kier alpha value is -3.68. The van der Waals surface area contributed by atoms with Crippen LogP contribution in [0.3, 0.4) is 0 Å². The highest BCUT2D eigenvalue weighted by Crippen LogP contribution is 2.31. The molecule has 0 spiro atoms. The van der Waals surface area contributed by atoms with E-state index in [1.165, 1.54) is 12.1 Å². The molecule has 6 nitrogen and oxygen atoms in total. The third kappa shape index (κ3) is 4.53. The molecule has 2 aliphatic heterocycles. The summed E-state index contributed by atoms with van der Waals surface area (Å²) in [5.41, 5.74) is 4.36. The number of methoxy groups -OCH3 is 1. The lowest BCUT2D eigenvalue weighted by atomic mass is 9.99. The summed E-state index contributed by atoms with van der Waals surface area (Å²) in [4.78, 5) is 12.3. The van der Waals surface area contributed by atoms with E-state index in [2.05, 4.69) is 21.1 Å². The third-order valence-electron chi connectivity index (χ3n) is 6.18. The highest BCUT2D eigenvalue weighted by atomic mass is 19.1. The fraction of sp³-hybridized carbons (Fsp3) is 0.308. The van der Waals surface area contributed by atoms with Crippen molar-refractivity contribution in [2.75, 3.05) is 20.2 Å². The molecular weight excluding hydrogens is 438 g/mol. The first kappa shape index (κ1) is 22.1. The lowest BCUT2D eigenvalue weighted by Gasteiger charge is -2.29. The third-order valence-corrected chi connectivity index (χ3v) is 6.18. The number of nitrogens with zero attached hydrogens (tertiary/aromatic N) is 4. The molecule has 34 heavy (non-hydrogen) atoms. The average Bonchev–Trinajstić information content (AvgIpc) is 3.12. The molecule has 0 N–H and O–H groups in total. The van der Waals surface area contributed by atoms with Gasteiger partial charge in [-0.15, -0.1) is 0 Å². The van der Waals surface area contributed by atoms with Crippen molar-refractivity contribution in [3.63, 3.8) is 0 Å². The summed E-state index contributed by atoms with van der Waals surface area (Å²) >= 11 is 0. The minimum Gasteiger partial charge on any atom is -0.495 e. The van der Waals surface area contributed by atoms with Crippen molar-refractivity contribution in [3.8, 4) is 11.4 Å². The number of amidine groups is 1. The van der Waals surface area contributed by atoms with Crippen LogP contribution in [0.15, 0.2) is 59.7 Å². The molecule has 8 heteroatoms. The quantitative estimate of drug-likeness (QED) is 0.517. The minimum atomic E-state index is -0.614. The van der Waals surface area contributed by atoms with E-state index in [-0.39, 0.29) is 0 Å². The molecule has 2 aromatic carbocycles. The fourth-order valence-electron chi connectivity index (χ4n) is 4.53. The van der Waals surface area contributed by atoms with Crippen LogP contribution < -0.4 is 4.74 Å². The molecule has 0 radical (unpaired) electrons. The summed E-state index contributed by atoms with van der Waals surface area (Å²) < 4.78 is 35.0. The first-order valence-electron chi connectivity index (χ1n) is 11.3. The van der Waals surface area contributed by atoms with Crippen molar-refractivity contribution in [1.82, 2.24) is 14.5 Å². The van der Waals surface area contributed by atoms with Gasteiger partial charge in [0, 0.05) is 37.3 Å². The van der Waals surface area contributed by atoms with Crippen LogP contribution in [-0.4, -0.2) is 40.5 Å². The second kappa shape index (κ2) is 9.29. The molecule has 1 unspecified atom stereocenters. The summed E-state index contributed by atoms with van der Waals surface area (Å²) in [6.07, 6.45) is 7.77. The zero-order valence-electron chi connectivity index (χ0n) is 19.2. The zero-order chi connectivity index (χ0) is 23.7. The molecule has 1 fully saturated rings. The van der Waals surface area contributed by atoms with Crippen LogP contribution in [0, 0.1) is 18.6 Å². The predicted octanol–water partition coefficient (Wildman–Crippen LogP) is 5.42. The van der Waals surface area contributed by atoms with Crippen LogP contribution in [0.25, 0.3) is 11.8 Å². The molecule has 5 rings (SSSR count). The summed E-state index contributed by atoms with van der Waals surface area (Å²) in [5, 5.41) is 4.44. The number of fused-ring (bicyclic) bond motifs is 1. The number of aryl methyl sites for hydroxylation is 1. The molecule has 1 aromatic heterocycles. The number of benzene rings is 2. The Kier molecular flexibility index (Phi) is 6.04. The van der Waals surface area contributed by atoms with E-state index in [1.54, 1.807) is 13.4 Å². The van der Waals surface area contributed by atoms with E-state index in [4.69, 9.17) is 9.57 Å². The number of hydrogen-bond acceptors (Lipinski definition) is 5. The smallest absolute Gasteiger partial charge is 0.171 e. The van der Waals surface area contributed by atoms with Gasteiger partial charge in [0.2, 0.25) is 0 Å². The average molecular weight is 465 g/mol. The lowest BCUT2D eigenvalue weighted by Crippen LogP contribution is -2.37. The van der Waals surface area contributed by atoms with Gasteiger partial charge in [-0.3, -0.25) is 0 Å². The highest BCUT2D eigenvalue weighted by Gasteiger charge is 2.28. The number of imidazole rings is 1. The topological polar surface area (TPSA) is 51.9 Å². The van der Waals surface area contributed by atoms with Crippen molar-refractivity contribution in [3.05, 3.63) is 83.0 Å². The van der Waals surface area contributed by atoms with Crippen LogP contribution in [0.1, 0.15) is 42.2 Å². The monoisotopic (exact) mass is 464 g/mol. The summed E-state index contributed by atoms with van der Waals surface area (Å²) in [7, 11) is 1.65. The van der Waals surface area contributed by atoms with E-state index in [9.17, 15) is 8.78 Å². The molecular formula is C26H26F2N4O2. The van der Waals surface area contributed by atoms with Crippen molar-refractivity contribution >= 4 is 11.9 Å². The maximum atomic E-state index is 13.7. The molecule has 0 bridgehead atoms. The number of aromatic nitrogens is 2. The first-order valence-corrected chi connectivity index (χ1v) is 11.3. The van der Waals surface area contributed by atoms with Gasteiger partial charge >= 0.3 is 0 Å². The first-order chi connectivity index (χ1) is 16.5. The van der Waals surface area contributed by atoms with Crippen molar-refractivity contribution < 1.29 is 18.4 Å². The molecule has 0 amide bonds. The summed E-state index contributed by atoms with van der Waals surface area (Å²) in [6, 6.07) is 9.52. The molecule has 3 aromatic rings. The SMILES string of the molecule is COc1cc(C=C2CCCN3CCC(c4cc(F)cc(F)c4)ON=C23)ccc1-n1cnc(C)c1. The van der Waals surface area contributed by atoms with Crippen molar-refractivity contribution in [2.45, 2.75) is 32.3 Å². The molecule has 0 saturated carbocycles.